The fourth-order valence-electron chi connectivity index (χ4n) is 7.66. The standard InChI is InChI=1S/C45H55N5/c1-9-31(10-2)40-47-41(43(7,11-3)12-4)49-42(48-40)46-34-27-23-32(24-28-34)45(33-25-29-35(30-26-33)50-44(8,13-5)14-6)38-21-17-15-19-36(38)37-20-16-18-22-39(37)45/h15-31,50H,9-14H2,1-8H3,(H,46,47,48,49). The first-order valence-corrected chi connectivity index (χ1v) is 18.9. The molecule has 0 saturated carbocycles. The van der Waals surface area contributed by atoms with Crippen LogP contribution in [0.25, 0.3) is 11.1 Å². The Hall–Kier alpha value is -4.51. The van der Waals surface area contributed by atoms with Gasteiger partial charge in [0.2, 0.25) is 5.95 Å². The Morgan fingerprint density at radius 3 is 1.56 bits per heavy atom. The molecule has 1 aromatic heterocycles. The second kappa shape index (κ2) is 14.4. The smallest absolute Gasteiger partial charge is 0.230 e. The Bertz CT molecular complexity index is 1850. The molecule has 6 rings (SSSR count). The maximum Gasteiger partial charge on any atom is 0.230 e. The van der Waals surface area contributed by atoms with Crippen molar-refractivity contribution in [3.05, 3.63) is 131 Å². The molecule has 0 radical (unpaired) electrons. The molecule has 0 aliphatic heterocycles. The number of aromatic nitrogens is 3. The number of anilines is 3. The molecular weight excluding hydrogens is 611 g/mol. The third-order valence-corrected chi connectivity index (χ3v) is 12.0. The lowest BCUT2D eigenvalue weighted by molar-refractivity contribution is 0.405. The van der Waals surface area contributed by atoms with Crippen LogP contribution >= 0.6 is 0 Å². The van der Waals surface area contributed by atoms with Gasteiger partial charge in [-0.05, 0) is 103 Å². The molecule has 0 saturated heterocycles. The van der Waals surface area contributed by atoms with E-state index in [1.54, 1.807) is 0 Å². The van der Waals surface area contributed by atoms with Crippen molar-refractivity contribution in [3.8, 4) is 11.1 Å². The van der Waals surface area contributed by atoms with Gasteiger partial charge in [0.15, 0.2) is 0 Å². The minimum Gasteiger partial charge on any atom is -0.380 e. The van der Waals surface area contributed by atoms with Crippen molar-refractivity contribution in [2.45, 2.75) is 116 Å². The Labute approximate surface area is 300 Å². The molecule has 1 heterocycles. The third-order valence-electron chi connectivity index (χ3n) is 12.0. The van der Waals surface area contributed by atoms with Crippen LogP contribution in [0.5, 0.6) is 0 Å². The summed E-state index contributed by atoms with van der Waals surface area (Å²) in [6, 6.07) is 35.9. The van der Waals surface area contributed by atoms with E-state index in [0.29, 0.717) is 11.9 Å². The maximum absolute atomic E-state index is 5.05. The summed E-state index contributed by atoms with van der Waals surface area (Å²) in [5, 5.41) is 7.39. The highest BCUT2D eigenvalue weighted by Gasteiger charge is 2.46. The van der Waals surface area contributed by atoms with Crippen molar-refractivity contribution < 1.29 is 0 Å². The lowest BCUT2D eigenvalue weighted by Crippen LogP contribution is -2.33. The molecule has 5 heteroatoms. The summed E-state index contributed by atoms with van der Waals surface area (Å²) >= 11 is 0. The Kier molecular flexibility index (Phi) is 10.2. The zero-order chi connectivity index (χ0) is 35.5. The minimum absolute atomic E-state index is 0.0638. The van der Waals surface area contributed by atoms with Crippen LogP contribution in [0.15, 0.2) is 97.1 Å². The molecule has 0 unspecified atom stereocenters. The van der Waals surface area contributed by atoms with Crippen LogP contribution in [0.1, 0.15) is 134 Å². The van der Waals surface area contributed by atoms with Gasteiger partial charge in [-0.3, -0.25) is 0 Å². The summed E-state index contributed by atoms with van der Waals surface area (Å²) in [6.45, 7) is 18.0. The van der Waals surface area contributed by atoms with E-state index in [-0.39, 0.29) is 11.0 Å². The highest BCUT2D eigenvalue weighted by Crippen LogP contribution is 2.56. The zero-order valence-corrected chi connectivity index (χ0v) is 31.4. The lowest BCUT2D eigenvalue weighted by Gasteiger charge is -2.34. The van der Waals surface area contributed by atoms with E-state index in [1.165, 1.54) is 33.4 Å². The first-order chi connectivity index (χ1) is 24.2. The molecule has 50 heavy (non-hydrogen) atoms. The maximum atomic E-state index is 5.05. The molecule has 0 spiro atoms. The molecule has 5 aromatic rings. The summed E-state index contributed by atoms with van der Waals surface area (Å²) in [4.78, 5) is 15.1. The largest absolute Gasteiger partial charge is 0.380 e. The van der Waals surface area contributed by atoms with Gasteiger partial charge in [-0.1, -0.05) is 121 Å². The summed E-state index contributed by atoms with van der Waals surface area (Å²) in [5.41, 5.74) is 9.30. The van der Waals surface area contributed by atoms with Crippen molar-refractivity contribution in [2.75, 3.05) is 10.6 Å². The quantitative estimate of drug-likeness (QED) is 0.121. The predicted molar refractivity (Wildman–Crippen MR) is 211 cm³/mol. The number of fused-ring (bicyclic) bond motifs is 3. The number of nitrogens with one attached hydrogen (secondary N) is 2. The van der Waals surface area contributed by atoms with E-state index in [4.69, 9.17) is 15.0 Å². The van der Waals surface area contributed by atoms with E-state index in [0.717, 1.165) is 61.5 Å². The Morgan fingerprint density at radius 2 is 1.08 bits per heavy atom. The van der Waals surface area contributed by atoms with Gasteiger partial charge in [-0.15, -0.1) is 0 Å². The first-order valence-electron chi connectivity index (χ1n) is 18.9. The Balaban J connectivity index is 1.44. The van der Waals surface area contributed by atoms with Gasteiger partial charge in [0.05, 0.1) is 5.41 Å². The van der Waals surface area contributed by atoms with Gasteiger partial charge in [0.1, 0.15) is 11.6 Å². The van der Waals surface area contributed by atoms with Crippen molar-refractivity contribution >= 4 is 17.3 Å². The van der Waals surface area contributed by atoms with Crippen LogP contribution < -0.4 is 10.6 Å². The van der Waals surface area contributed by atoms with E-state index in [1.807, 2.05) is 0 Å². The van der Waals surface area contributed by atoms with Crippen molar-refractivity contribution in [1.82, 2.24) is 15.0 Å². The summed E-state index contributed by atoms with van der Waals surface area (Å²) < 4.78 is 0. The molecule has 1 aliphatic rings. The monoisotopic (exact) mass is 665 g/mol. The summed E-state index contributed by atoms with van der Waals surface area (Å²) in [7, 11) is 0. The van der Waals surface area contributed by atoms with Crippen LogP contribution in [0.2, 0.25) is 0 Å². The van der Waals surface area contributed by atoms with E-state index < -0.39 is 5.41 Å². The fourth-order valence-corrected chi connectivity index (χ4v) is 7.66. The van der Waals surface area contributed by atoms with Gasteiger partial charge in [-0.25, -0.2) is 4.98 Å². The molecule has 0 fully saturated rings. The van der Waals surface area contributed by atoms with Crippen molar-refractivity contribution in [3.63, 3.8) is 0 Å². The van der Waals surface area contributed by atoms with Crippen molar-refractivity contribution in [2.24, 2.45) is 0 Å². The fraction of sp³-hybridized carbons (Fsp3) is 0.400. The third kappa shape index (κ3) is 6.20. The lowest BCUT2D eigenvalue weighted by atomic mass is 9.67. The number of rotatable bonds is 14. The molecule has 4 aromatic carbocycles. The SMILES string of the molecule is CCC(CC)c1nc(Nc2ccc(C3(c4ccc(NC(C)(CC)CC)cc4)c4ccccc4-c4ccccc43)cc2)nc(C(C)(CC)CC)n1. The molecule has 0 atom stereocenters. The van der Waals surface area contributed by atoms with Gasteiger partial charge in [0, 0.05) is 28.2 Å². The normalized spacial score (nSPS) is 13.6. The van der Waals surface area contributed by atoms with Crippen LogP contribution in [-0.2, 0) is 10.8 Å². The second-order valence-electron chi connectivity index (χ2n) is 14.6. The number of nitrogens with zero attached hydrogens (tertiary/aromatic N) is 3. The highest BCUT2D eigenvalue weighted by molar-refractivity contribution is 5.86. The van der Waals surface area contributed by atoms with Crippen LogP contribution in [0, 0.1) is 0 Å². The molecule has 5 nitrogen and oxygen atoms in total. The van der Waals surface area contributed by atoms with E-state index in [2.05, 4.69) is 163 Å². The van der Waals surface area contributed by atoms with Gasteiger partial charge >= 0.3 is 0 Å². The first kappa shape index (κ1) is 35.3. The molecule has 1 aliphatic carbocycles. The number of hydrogen-bond donors (Lipinski definition) is 2. The zero-order valence-electron chi connectivity index (χ0n) is 31.4. The molecule has 0 amide bonds. The Morgan fingerprint density at radius 1 is 0.580 bits per heavy atom. The topological polar surface area (TPSA) is 62.7 Å². The predicted octanol–water partition coefficient (Wildman–Crippen LogP) is 12.0. The number of hydrogen-bond acceptors (Lipinski definition) is 5. The van der Waals surface area contributed by atoms with Crippen LogP contribution in [0.4, 0.5) is 17.3 Å². The second-order valence-corrected chi connectivity index (χ2v) is 14.6. The van der Waals surface area contributed by atoms with Gasteiger partial charge in [0.25, 0.3) is 0 Å². The van der Waals surface area contributed by atoms with Crippen LogP contribution in [-0.4, -0.2) is 20.5 Å². The van der Waals surface area contributed by atoms with E-state index in [9.17, 15) is 0 Å². The van der Waals surface area contributed by atoms with Gasteiger partial charge < -0.3 is 10.6 Å². The van der Waals surface area contributed by atoms with Crippen molar-refractivity contribution in [1.29, 1.82) is 0 Å². The number of benzene rings is 4. The molecule has 260 valence electrons. The molecule has 0 bridgehead atoms. The summed E-state index contributed by atoms with van der Waals surface area (Å²) in [5.74, 6) is 2.70. The average Bonchev–Trinajstić information content (AvgIpc) is 3.46. The van der Waals surface area contributed by atoms with E-state index >= 15 is 0 Å². The molecule has 2 N–H and O–H groups in total. The van der Waals surface area contributed by atoms with Gasteiger partial charge in [-0.2, -0.15) is 9.97 Å². The molecular formula is C45H55N5. The average molecular weight is 666 g/mol. The highest BCUT2D eigenvalue weighted by atomic mass is 15.2. The minimum atomic E-state index is -0.462. The van der Waals surface area contributed by atoms with Crippen LogP contribution in [0.3, 0.4) is 0 Å². The summed E-state index contributed by atoms with van der Waals surface area (Å²) in [6.07, 6.45) is 6.09.